The van der Waals surface area contributed by atoms with Crippen LogP contribution in [0.1, 0.15) is 58.6 Å². The van der Waals surface area contributed by atoms with E-state index in [2.05, 4.69) is 15.5 Å². The van der Waals surface area contributed by atoms with Crippen LogP contribution in [0.2, 0.25) is 0 Å². The maximum atomic E-state index is 14.3. The van der Waals surface area contributed by atoms with E-state index < -0.39 is 63.3 Å². The Kier molecular flexibility index (Phi) is 9.87. The van der Waals surface area contributed by atoms with Crippen molar-refractivity contribution in [2.75, 3.05) is 11.4 Å². The lowest BCUT2D eigenvalue weighted by molar-refractivity contribution is -0.387. The average Bonchev–Trinajstić information content (AvgIpc) is 3.34. The summed E-state index contributed by atoms with van der Waals surface area (Å²) in [5.41, 5.74) is -2.83. The zero-order valence-electron chi connectivity index (χ0n) is 24.6. The van der Waals surface area contributed by atoms with Gasteiger partial charge in [-0.3, -0.25) is 10.1 Å². The van der Waals surface area contributed by atoms with Gasteiger partial charge in [0.25, 0.3) is 0 Å². The number of rotatable bonds is 8. The molecule has 0 bridgehead atoms. The number of aromatic nitrogens is 2. The molecule has 238 valence electrons. The molecule has 2 amide bonds. The van der Waals surface area contributed by atoms with Crippen LogP contribution < -0.4 is 10.2 Å². The SMILES string of the molecule is CC(C)(C)OC(=O)N(CC(NC(=O)O)[C@H](c1ccc(C(F)(F)F)cc1)C(C)(C)C)c1nnc(-c2ccc([N+](=O)[O-])c(F)c2)s1. The lowest BCUT2D eigenvalue weighted by Crippen LogP contribution is -2.52. The number of benzene rings is 2. The Hall–Kier alpha value is -4.34. The quantitative estimate of drug-likeness (QED) is 0.146. The molecule has 0 saturated heterocycles. The lowest BCUT2D eigenvalue weighted by Gasteiger charge is -2.39. The molecule has 2 aromatic carbocycles. The maximum absolute atomic E-state index is 14.3. The van der Waals surface area contributed by atoms with Gasteiger partial charge in [-0.15, -0.1) is 10.2 Å². The number of anilines is 1. The van der Waals surface area contributed by atoms with E-state index in [1.807, 2.05) is 0 Å². The Morgan fingerprint density at radius 2 is 1.68 bits per heavy atom. The van der Waals surface area contributed by atoms with Gasteiger partial charge in [-0.05, 0) is 56.0 Å². The van der Waals surface area contributed by atoms with Crippen molar-refractivity contribution in [2.45, 2.75) is 65.3 Å². The zero-order valence-corrected chi connectivity index (χ0v) is 25.4. The largest absolute Gasteiger partial charge is 0.465 e. The van der Waals surface area contributed by atoms with E-state index >= 15 is 0 Å². The highest BCUT2D eigenvalue weighted by atomic mass is 32.1. The third-order valence-corrected chi connectivity index (χ3v) is 7.27. The molecule has 0 aliphatic carbocycles. The molecule has 1 unspecified atom stereocenters. The first-order valence-corrected chi connectivity index (χ1v) is 13.9. The number of amides is 2. The number of hydrogen-bond acceptors (Lipinski definition) is 8. The van der Waals surface area contributed by atoms with Crippen molar-refractivity contribution in [1.82, 2.24) is 15.5 Å². The number of nitro benzene ring substituents is 1. The molecular weight excluding hydrogens is 610 g/mol. The number of alkyl halides is 3. The molecule has 0 saturated carbocycles. The van der Waals surface area contributed by atoms with Crippen molar-refractivity contribution in [2.24, 2.45) is 5.41 Å². The summed E-state index contributed by atoms with van der Waals surface area (Å²) < 4.78 is 59.6. The number of nitrogens with zero attached hydrogens (tertiary/aromatic N) is 4. The van der Waals surface area contributed by atoms with Gasteiger partial charge < -0.3 is 15.2 Å². The minimum Gasteiger partial charge on any atom is -0.465 e. The van der Waals surface area contributed by atoms with Gasteiger partial charge >= 0.3 is 24.1 Å². The summed E-state index contributed by atoms with van der Waals surface area (Å²) in [6.07, 6.45) is -6.95. The molecule has 0 aliphatic rings. The number of carboxylic acid groups (broad SMARTS) is 1. The van der Waals surface area contributed by atoms with Gasteiger partial charge in [-0.25, -0.2) is 14.5 Å². The molecule has 3 aromatic rings. The van der Waals surface area contributed by atoms with Gasteiger partial charge in [0.05, 0.1) is 23.1 Å². The van der Waals surface area contributed by atoms with Crippen molar-refractivity contribution in [3.63, 3.8) is 0 Å². The number of nitro groups is 1. The Morgan fingerprint density at radius 1 is 1.07 bits per heavy atom. The van der Waals surface area contributed by atoms with Crippen molar-refractivity contribution in [1.29, 1.82) is 0 Å². The van der Waals surface area contributed by atoms with Crippen LogP contribution in [0.3, 0.4) is 0 Å². The summed E-state index contributed by atoms with van der Waals surface area (Å²) in [5, 5.41) is 31.2. The Balaban J connectivity index is 2.10. The lowest BCUT2D eigenvalue weighted by atomic mass is 9.72. The van der Waals surface area contributed by atoms with Crippen molar-refractivity contribution in [3.8, 4) is 10.6 Å². The second kappa shape index (κ2) is 12.7. The Labute approximate surface area is 254 Å². The Morgan fingerprint density at radius 3 is 2.16 bits per heavy atom. The summed E-state index contributed by atoms with van der Waals surface area (Å²) in [5.74, 6) is -1.87. The highest BCUT2D eigenvalue weighted by Crippen LogP contribution is 2.41. The highest BCUT2D eigenvalue weighted by Gasteiger charge is 2.39. The van der Waals surface area contributed by atoms with E-state index in [-0.39, 0.29) is 22.2 Å². The van der Waals surface area contributed by atoms with Gasteiger partial charge in [0.2, 0.25) is 10.9 Å². The summed E-state index contributed by atoms with van der Waals surface area (Å²) in [6, 6.07) is 6.35. The van der Waals surface area contributed by atoms with E-state index in [4.69, 9.17) is 4.74 Å². The molecule has 0 fully saturated rings. The van der Waals surface area contributed by atoms with E-state index in [1.54, 1.807) is 41.5 Å². The maximum Gasteiger partial charge on any atom is 0.416 e. The van der Waals surface area contributed by atoms with Gasteiger partial charge in [-0.1, -0.05) is 44.2 Å². The van der Waals surface area contributed by atoms with Crippen LogP contribution >= 0.6 is 11.3 Å². The molecule has 16 heteroatoms. The van der Waals surface area contributed by atoms with Crippen molar-refractivity contribution in [3.05, 3.63) is 69.5 Å². The average molecular weight is 642 g/mol. The molecule has 0 spiro atoms. The summed E-state index contributed by atoms with van der Waals surface area (Å²) in [6.45, 7) is 9.78. The van der Waals surface area contributed by atoms with Crippen LogP contribution in [0.25, 0.3) is 10.6 Å². The topological polar surface area (TPSA) is 148 Å². The van der Waals surface area contributed by atoms with Crippen LogP contribution in [0.5, 0.6) is 0 Å². The van der Waals surface area contributed by atoms with Gasteiger partial charge in [0, 0.05) is 17.5 Å². The molecule has 1 heterocycles. The first-order chi connectivity index (χ1) is 20.2. The number of nitrogens with one attached hydrogen (secondary N) is 1. The number of hydrogen-bond donors (Lipinski definition) is 2. The molecule has 11 nitrogen and oxygen atoms in total. The molecule has 0 radical (unpaired) electrons. The van der Waals surface area contributed by atoms with Crippen LogP contribution in [0, 0.1) is 21.3 Å². The predicted octanol–water partition coefficient (Wildman–Crippen LogP) is 7.48. The Bertz CT molecular complexity index is 1520. The molecule has 3 rings (SSSR count). The van der Waals surface area contributed by atoms with Crippen molar-refractivity contribution >= 4 is 34.3 Å². The zero-order chi connectivity index (χ0) is 33.2. The minimum atomic E-state index is -4.58. The first-order valence-electron chi connectivity index (χ1n) is 13.1. The van der Waals surface area contributed by atoms with Gasteiger partial charge in [0.15, 0.2) is 0 Å². The van der Waals surface area contributed by atoms with Crippen molar-refractivity contribution < 1.29 is 41.9 Å². The van der Waals surface area contributed by atoms with Crippen LogP contribution in [-0.2, 0) is 10.9 Å². The van der Waals surface area contributed by atoms with Crippen LogP contribution in [0.15, 0.2) is 42.5 Å². The molecule has 44 heavy (non-hydrogen) atoms. The number of carbonyl (C=O) groups excluding carboxylic acids is 1. The first kappa shape index (κ1) is 34.2. The smallest absolute Gasteiger partial charge is 0.416 e. The molecule has 2 N–H and O–H groups in total. The van der Waals surface area contributed by atoms with Gasteiger partial charge in [-0.2, -0.15) is 17.6 Å². The number of carbonyl (C=O) groups is 2. The standard InChI is InChI=1S/C28H31F4N5O6S/c1-26(2,3)21(15-7-10-17(11-8-15)28(30,31)32)19(33-24(38)39)14-36(25(40)43-27(4,5)6)23-35-34-22(44-23)16-9-12-20(37(41)42)18(29)13-16/h7-13,19,21,33H,14H2,1-6H3,(H,38,39)/t19?,21-/m0/s1. The van der Waals surface area contributed by atoms with E-state index in [1.165, 1.54) is 18.2 Å². The third kappa shape index (κ3) is 8.61. The fourth-order valence-corrected chi connectivity index (χ4v) is 5.42. The monoisotopic (exact) mass is 641 g/mol. The van der Waals surface area contributed by atoms with E-state index in [9.17, 15) is 42.4 Å². The second-order valence-corrected chi connectivity index (χ2v) is 12.9. The molecule has 1 aromatic heterocycles. The molecule has 2 atom stereocenters. The van der Waals surface area contributed by atoms with Crippen LogP contribution in [-0.4, -0.2) is 50.6 Å². The molecule has 0 aliphatic heterocycles. The summed E-state index contributed by atoms with van der Waals surface area (Å²) in [4.78, 5) is 36.6. The minimum absolute atomic E-state index is 0.0646. The summed E-state index contributed by atoms with van der Waals surface area (Å²) >= 11 is 0.818. The molecular formula is C28H31F4N5O6S. The fraction of sp³-hybridized carbons (Fsp3) is 0.429. The predicted molar refractivity (Wildman–Crippen MR) is 154 cm³/mol. The van der Waals surface area contributed by atoms with E-state index in [0.29, 0.717) is 5.56 Å². The van der Waals surface area contributed by atoms with Gasteiger partial charge in [0.1, 0.15) is 10.6 Å². The number of ether oxygens (including phenoxy) is 1. The normalized spacial score (nSPS) is 13.6. The third-order valence-electron chi connectivity index (χ3n) is 6.27. The number of halogens is 4. The highest BCUT2D eigenvalue weighted by molar-refractivity contribution is 7.18. The summed E-state index contributed by atoms with van der Waals surface area (Å²) in [7, 11) is 0. The second-order valence-electron chi connectivity index (χ2n) is 11.9. The fourth-order valence-electron chi connectivity index (χ4n) is 4.58. The van der Waals surface area contributed by atoms with E-state index in [0.717, 1.165) is 40.5 Å². The van der Waals surface area contributed by atoms with Crippen LogP contribution in [0.4, 0.5) is 38.0 Å².